The van der Waals surface area contributed by atoms with Crippen LogP contribution < -0.4 is 11.5 Å². The second kappa shape index (κ2) is 11.4. The van der Waals surface area contributed by atoms with Crippen LogP contribution in [0.25, 0.3) is 0 Å². The summed E-state index contributed by atoms with van der Waals surface area (Å²) in [5.74, 6) is -3.78. The Morgan fingerprint density at radius 3 is 2.66 bits per heavy atom. The second-order valence-corrected chi connectivity index (χ2v) is 7.17. The van der Waals surface area contributed by atoms with Crippen molar-refractivity contribution in [3.05, 3.63) is 47.3 Å². The largest absolute Gasteiger partial charge is 0.398 e. The highest BCUT2D eigenvalue weighted by atomic mass is 19.3. The zero-order valence-electron chi connectivity index (χ0n) is 17.5. The molecule has 0 aliphatic heterocycles. The monoisotopic (exact) mass is 407 g/mol. The molecule has 0 amide bonds. The van der Waals surface area contributed by atoms with Gasteiger partial charge in [-0.1, -0.05) is 37.2 Å². The number of rotatable bonds is 11. The fraction of sp³-hybridized carbons (Fsp3) is 0.476. The van der Waals surface area contributed by atoms with Gasteiger partial charge in [-0.15, -0.1) is 0 Å². The van der Waals surface area contributed by atoms with Gasteiger partial charge < -0.3 is 16.3 Å². The predicted octanol–water partition coefficient (Wildman–Crippen LogP) is 3.77. The average molecular weight is 408 g/mol. The zero-order chi connectivity index (χ0) is 22.0. The third kappa shape index (κ3) is 8.11. The molecule has 1 aromatic heterocycles. The van der Waals surface area contributed by atoms with E-state index in [1.54, 1.807) is 24.6 Å². The average Bonchev–Trinajstić information content (AvgIpc) is 2.63. The van der Waals surface area contributed by atoms with Crippen LogP contribution in [0.3, 0.4) is 0 Å². The highest BCUT2D eigenvalue weighted by molar-refractivity contribution is 5.89. The van der Waals surface area contributed by atoms with Crippen LogP contribution in [-0.4, -0.2) is 42.5 Å². The molecule has 0 aliphatic carbocycles. The Morgan fingerprint density at radius 1 is 1.38 bits per heavy atom. The molecule has 1 heterocycles. The number of anilines is 1. The van der Waals surface area contributed by atoms with E-state index in [2.05, 4.69) is 21.7 Å². The first-order valence-electron chi connectivity index (χ1n) is 9.45. The van der Waals surface area contributed by atoms with Gasteiger partial charge in [0.05, 0.1) is 18.0 Å². The van der Waals surface area contributed by atoms with E-state index in [0.29, 0.717) is 29.8 Å². The molecule has 6 nitrogen and oxygen atoms in total. The molecule has 0 saturated carbocycles. The van der Waals surface area contributed by atoms with Gasteiger partial charge in [0.2, 0.25) is 0 Å². The van der Waals surface area contributed by atoms with Gasteiger partial charge in [-0.25, -0.2) is 8.78 Å². The Hall–Kier alpha value is -2.61. The SMILES string of the molecule is C=C(C)/C=C(\C=N/OCC(F)(F)C(C)C)C(C)N=Cc1c(N)ccnc1CCN. The minimum atomic E-state index is -2.95. The number of nitrogens with zero attached hydrogens (tertiary/aromatic N) is 3. The minimum Gasteiger partial charge on any atom is -0.398 e. The third-order valence-electron chi connectivity index (χ3n) is 4.19. The van der Waals surface area contributed by atoms with Crippen molar-refractivity contribution in [3.8, 4) is 0 Å². The van der Waals surface area contributed by atoms with Crippen LogP contribution in [0.4, 0.5) is 14.5 Å². The number of alkyl halides is 2. The predicted molar refractivity (Wildman–Crippen MR) is 116 cm³/mol. The minimum absolute atomic E-state index is 0.338. The summed E-state index contributed by atoms with van der Waals surface area (Å²) in [5, 5.41) is 3.69. The molecule has 1 rings (SSSR count). The lowest BCUT2D eigenvalue weighted by molar-refractivity contribution is -0.107. The molecule has 0 bridgehead atoms. The zero-order valence-corrected chi connectivity index (χ0v) is 17.5. The number of aromatic nitrogens is 1. The lowest BCUT2D eigenvalue weighted by Crippen LogP contribution is -2.29. The molecular weight excluding hydrogens is 376 g/mol. The van der Waals surface area contributed by atoms with Crippen LogP contribution in [-0.2, 0) is 11.3 Å². The van der Waals surface area contributed by atoms with Crippen molar-refractivity contribution in [2.75, 3.05) is 18.9 Å². The fourth-order valence-electron chi connectivity index (χ4n) is 2.23. The maximum Gasteiger partial charge on any atom is 0.286 e. The van der Waals surface area contributed by atoms with Crippen LogP contribution in [0.15, 0.2) is 46.2 Å². The van der Waals surface area contributed by atoms with Gasteiger partial charge in [-0.2, -0.15) is 0 Å². The van der Waals surface area contributed by atoms with Gasteiger partial charge in [-0.3, -0.25) is 9.98 Å². The summed E-state index contributed by atoms with van der Waals surface area (Å²) in [7, 11) is 0. The molecule has 29 heavy (non-hydrogen) atoms. The van der Waals surface area contributed by atoms with E-state index < -0.39 is 18.4 Å². The van der Waals surface area contributed by atoms with Crippen molar-refractivity contribution in [1.82, 2.24) is 4.98 Å². The summed E-state index contributed by atoms with van der Waals surface area (Å²) in [6, 6.07) is 1.36. The molecule has 160 valence electrons. The highest BCUT2D eigenvalue weighted by Gasteiger charge is 2.34. The van der Waals surface area contributed by atoms with Crippen LogP contribution >= 0.6 is 0 Å². The fourth-order valence-corrected chi connectivity index (χ4v) is 2.23. The van der Waals surface area contributed by atoms with Crippen LogP contribution in [0.2, 0.25) is 0 Å². The van der Waals surface area contributed by atoms with Crippen LogP contribution in [0.5, 0.6) is 0 Å². The van der Waals surface area contributed by atoms with E-state index in [4.69, 9.17) is 16.3 Å². The van der Waals surface area contributed by atoms with E-state index in [-0.39, 0.29) is 6.04 Å². The normalized spacial score (nSPS) is 14.1. The standard InChI is InChI=1S/C21H31F2N5O/c1-14(2)10-17(11-28-29-13-21(22,23)15(3)4)16(5)27-12-18-19(25)7-9-26-20(18)6-8-24/h7,9-12,15-16H,1,6,8,13,24H2,2-5H3,(H2,25,26)/b17-10+,27-12?,28-11-. The maximum absolute atomic E-state index is 13.6. The summed E-state index contributed by atoms with van der Waals surface area (Å²) in [4.78, 5) is 13.6. The number of nitrogens with two attached hydrogens (primary N) is 2. The molecule has 4 N–H and O–H groups in total. The van der Waals surface area contributed by atoms with Gasteiger partial charge in [-0.05, 0) is 32.0 Å². The smallest absolute Gasteiger partial charge is 0.286 e. The number of hydrogen-bond donors (Lipinski definition) is 2. The van der Waals surface area contributed by atoms with E-state index in [0.717, 1.165) is 11.3 Å². The molecule has 0 spiro atoms. The number of oxime groups is 1. The molecular formula is C21H31F2N5O. The van der Waals surface area contributed by atoms with Gasteiger partial charge in [0, 0.05) is 36.0 Å². The first-order chi connectivity index (χ1) is 13.6. The first-order valence-corrected chi connectivity index (χ1v) is 9.45. The molecule has 0 radical (unpaired) electrons. The molecule has 1 atom stereocenters. The molecule has 1 aromatic rings. The van der Waals surface area contributed by atoms with Gasteiger partial charge in [0.25, 0.3) is 5.92 Å². The maximum atomic E-state index is 13.6. The highest BCUT2D eigenvalue weighted by Crippen LogP contribution is 2.24. The van der Waals surface area contributed by atoms with Crippen molar-refractivity contribution >= 4 is 18.1 Å². The Balaban J connectivity index is 2.96. The second-order valence-electron chi connectivity index (χ2n) is 7.17. The van der Waals surface area contributed by atoms with Crippen molar-refractivity contribution in [2.24, 2.45) is 21.8 Å². The molecule has 0 fully saturated rings. The van der Waals surface area contributed by atoms with Crippen molar-refractivity contribution in [2.45, 2.75) is 46.1 Å². The Labute approximate surface area is 171 Å². The van der Waals surface area contributed by atoms with Crippen LogP contribution in [0, 0.1) is 5.92 Å². The van der Waals surface area contributed by atoms with Crippen molar-refractivity contribution in [3.63, 3.8) is 0 Å². The Morgan fingerprint density at radius 2 is 2.07 bits per heavy atom. The molecule has 0 saturated heterocycles. The summed E-state index contributed by atoms with van der Waals surface area (Å²) in [6.07, 6.45) is 6.99. The molecule has 0 aliphatic rings. The van der Waals surface area contributed by atoms with E-state index in [1.807, 2.05) is 13.8 Å². The number of allylic oxidation sites excluding steroid dienone is 2. The van der Waals surface area contributed by atoms with Crippen molar-refractivity contribution < 1.29 is 13.6 Å². The van der Waals surface area contributed by atoms with E-state index >= 15 is 0 Å². The number of hydrogen-bond acceptors (Lipinski definition) is 6. The van der Waals surface area contributed by atoms with Gasteiger partial charge in [0.1, 0.15) is 0 Å². The number of aliphatic imine (C=N–C) groups is 1. The first kappa shape index (κ1) is 24.4. The summed E-state index contributed by atoms with van der Waals surface area (Å²) >= 11 is 0. The summed E-state index contributed by atoms with van der Waals surface area (Å²) in [6.45, 7) is 10.0. The van der Waals surface area contributed by atoms with Gasteiger partial charge >= 0.3 is 0 Å². The lowest BCUT2D eigenvalue weighted by atomic mass is 10.1. The number of nitrogen functional groups attached to an aromatic ring is 1. The number of pyridine rings is 1. The quantitative estimate of drug-likeness (QED) is 0.331. The number of halogens is 2. The summed E-state index contributed by atoms with van der Waals surface area (Å²) in [5.41, 5.74) is 15.1. The summed E-state index contributed by atoms with van der Waals surface area (Å²) < 4.78 is 27.2. The van der Waals surface area contributed by atoms with E-state index in [1.165, 1.54) is 20.1 Å². The Kier molecular flexibility index (Phi) is 9.61. The Bertz CT molecular complexity index is 772. The topological polar surface area (TPSA) is 98.9 Å². The van der Waals surface area contributed by atoms with Gasteiger partial charge in [0.15, 0.2) is 6.61 Å². The molecule has 1 unspecified atom stereocenters. The molecule has 0 aromatic carbocycles. The third-order valence-corrected chi connectivity index (χ3v) is 4.19. The molecule has 8 heteroatoms. The lowest BCUT2D eigenvalue weighted by Gasteiger charge is -2.18. The van der Waals surface area contributed by atoms with E-state index in [9.17, 15) is 8.78 Å². The van der Waals surface area contributed by atoms with Crippen LogP contribution in [0.1, 0.15) is 39.0 Å². The van der Waals surface area contributed by atoms with Crippen molar-refractivity contribution in [1.29, 1.82) is 0 Å².